The lowest BCUT2D eigenvalue weighted by molar-refractivity contribution is 0.280. The molecule has 1 aromatic carbocycles. The molecule has 21 heavy (non-hydrogen) atoms. The molecule has 2 rings (SSSR count). The maximum Gasteiger partial charge on any atom is 0.246 e. The predicted octanol–water partition coefficient (Wildman–Crippen LogP) is 1.71. The van der Waals surface area contributed by atoms with Gasteiger partial charge in [-0.2, -0.15) is 4.31 Å². The number of anilines is 1. The summed E-state index contributed by atoms with van der Waals surface area (Å²) in [6.07, 6.45) is 1.92. The Bertz CT molecular complexity index is 616. The fourth-order valence-electron chi connectivity index (χ4n) is 2.60. The fraction of sp³-hybridized carbons (Fsp3) is 0.571. The van der Waals surface area contributed by atoms with Crippen molar-refractivity contribution in [2.75, 3.05) is 33.0 Å². The molecule has 1 fully saturated rings. The van der Waals surface area contributed by atoms with Gasteiger partial charge in [0.2, 0.25) is 10.0 Å². The zero-order chi connectivity index (χ0) is 15.6. The zero-order valence-corrected chi connectivity index (χ0v) is 13.4. The second-order valence-electron chi connectivity index (χ2n) is 5.36. The molecule has 1 atom stereocenters. The number of ether oxygens (including phenoxy) is 2. The van der Waals surface area contributed by atoms with Gasteiger partial charge in [-0.25, -0.2) is 8.42 Å². The van der Waals surface area contributed by atoms with Crippen molar-refractivity contribution in [1.82, 2.24) is 4.31 Å². The van der Waals surface area contributed by atoms with Crippen LogP contribution in [0.15, 0.2) is 17.0 Å². The van der Waals surface area contributed by atoms with Crippen molar-refractivity contribution in [3.8, 4) is 11.5 Å². The number of methoxy groups -OCH3 is 2. The Balaban J connectivity index is 2.46. The van der Waals surface area contributed by atoms with E-state index in [1.54, 1.807) is 0 Å². The first-order valence-corrected chi connectivity index (χ1v) is 8.35. The Labute approximate surface area is 125 Å². The molecule has 0 bridgehead atoms. The molecule has 1 aliphatic heterocycles. The first-order valence-electron chi connectivity index (χ1n) is 6.91. The number of hydrogen-bond acceptors (Lipinski definition) is 5. The summed E-state index contributed by atoms with van der Waals surface area (Å²) in [4.78, 5) is 0.0948. The molecule has 1 aromatic rings. The van der Waals surface area contributed by atoms with E-state index in [1.807, 2.05) is 0 Å². The van der Waals surface area contributed by atoms with Crippen LogP contribution in [0.1, 0.15) is 19.8 Å². The SMILES string of the molecule is COc1cc(OC)c(S(=O)(=O)N2CCCC(C)C2)cc1N. The second-order valence-corrected chi connectivity index (χ2v) is 7.26. The molecule has 6 nitrogen and oxygen atoms in total. The Morgan fingerprint density at radius 2 is 1.90 bits per heavy atom. The number of sulfonamides is 1. The Morgan fingerprint density at radius 3 is 2.48 bits per heavy atom. The number of nitrogen functional groups attached to an aromatic ring is 1. The van der Waals surface area contributed by atoms with E-state index in [-0.39, 0.29) is 16.3 Å². The van der Waals surface area contributed by atoms with Crippen LogP contribution in [0.4, 0.5) is 5.69 Å². The van der Waals surface area contributed by atoms with Gasteiger partial charge < -0.3 is 15.2 Å². The van der Waals surface area contributed by atoms with Gasteiger partial charge in [0.25, 0.3) is 0 Å². The van der Waals surface area contributed by atoms with Crippen LogP contribution in [0, 0.1) is 5.92 Å². The van der Waals surface area contributed by atoms with Gasteiger partial charge in [0, 0.05) is 19.2 Å². The molecule has 1 aliphatic rings. The number of hydrogen-bond donors (Lipinski definition) is 1. The van der Waals surface area contributed by atoms with Crippen LogP contribution in [-0.4, -0.2) is 40.0 Å². The van der Waals surface area contributed by atoms with E-state index < -0.39 is 10.0 Å². The Morgan fingerprint density at radius 1 is 1.24 bits per heavy atom. The van der Waals surface area contributed by atoms with E-state index in [0.29, 0.717) is 24.8 Å². The number of piperidine rings is 1. The molecule has 0 radical (unpaired) electrons. The average molecular weight is 314 g/mol. The van der Waals surface area contributed by atoms with Crippen LogP contribution in [0.2, 0.25) is 0 Å². The zero-order valence-electron chi connectivity index (χ0n) is 12.6. The van der Waals surface area contributed by atoms with Crippen LogP contribution in [0.3, 0.4) is 0 Å². The molecule has 0 amide bonds. The molecule has 1 unspecified atom stereocenters. The molecule has 2 N–H and O–H groups in total. The molecule has 7 heteroatoms. The van der Waals surface area contributed by atoms with E-state index in [0.717, 1.165) is 12.8 Å². The van der Waals surface area contributed by atoms with Crippen molar-refractivity contribution in [2.45, 2.75) is 24.7 Å². The minimum absolute atomic E-state index is 0.0948. The molecule has 0 spiro atoms. The van der Waals surface area contributed by atoms with Crippen molar-refractivity contribution in [2.24, 2.45) is 5.92 Å². The van der Waals surface area contributed by atoms with Crippen molar-refractivity contribution < 1.29 is 17.9 Å². The monoisotopic (exact) mass is 314 g/mol. The van der Waals surface area contributed by atoms with Crippen molar-refractivity contribution in [3.63, 3.8) is 0 Å². The number of nitrogens with zero attached hydrogens (tertiary/aromatic N) is 1. The Hall–Kier alpha value is -1.47. The lowest BCUT2D eigenvalue weighted by Crippen LogP contribution is -2.39. The van der Waals surface area contributed by atoms with Gasteiger partial charge >= 0.3 is 0 Å². The van der Waals surface area contributed by atoms with E-state index in [2.05, 4.69) is 6.92 Å². The summed E-state index contributed by atoms with van der Waals surface area (Å²) in [5.41, 5.74) is 6.13. The molecule has 0 aliphatic carbocycles. The van der Waals surface area contributed by atoms with Crippen LogP contribution < -0.4 is 15.2 Å². The third kappa shape index (κ3) is 3.08. The predicted molar refractivity (Wildman–Crippen MR) is 81.1 cm³/mol. The summed E-state index contributed by atoms with van der Waals surface area (Å²) in [5.74, 6) is 1.01. The summed E-state index contributed by atoms with van der Waals surface area (Å²) < 4.78 is 37.4. The van der Waals surface area contributed by atoms with Crippen molar-refractivity contribution in [3.05, 3.63) is 12.1 Å². The molecular formula is C14H22N2O4S. The highest BCUT2D eigenvalue weighted by Crippen LogP contribution is 2.36. The van der Waals surface area contributed by atoms with Crippen molar-refractivity contribution in [1.29, 1.82) is 0 Å². The maximum atomic E-state index is 12.8. The summed E-state index contributed by atoms with van der Waals surface area (Å²) in [5, 5.41) is 0. The second kappa shape index (κ2) is 6.11. The first-order chi connectivity index (χ1) is 9.90. The van der Waals surface area contributed by atoms with Crippen LogP contribution >= 0.6 is 0 Å². The smallest absolute Gasteiger partial charge is 0.246 e. The average Bonchev–Trinajstić information content (AvgIpc) is 2.47. The quantitative estimate of drug-likeness (QED) is 0.856. The minimum atomic E-state index is -3.61. The lowest BCUT2D eigenvalue weighted by atomic mass is 10.0. The largest absolute Gasteiger partial charge is 0.495 e. The maximum absolute atomic E-state index is 12.8. The first kappa shape index (κ1) is 15.9. The molecule has 0 saturated carbocycles. The fourth-order valence-corrected chi connectivity index (χ4v) is 4.37. The van der Waals surface area contributed by atoms with E-state index in [9.17, 15) is 8.42 Å². The van der Waals surface area contributed by atoms with Gasteiger partial charge in [-0.3, -0.25) is 0 Å². The highest BCUT2D eigenvalue weighted by molar-refractivity contribution is 7.89. The Kier molecular flexibility index (Phi) is 4.63. The molecule has 1 saturated heterocycles. The number of rotatable bonds is 4. The third-order valence-corrected chi connectivity index (χ3v) is 5.64. The van der Waals surface area contributed by atoms with Gasteiger partial charge in [0.1, 0.15) is 16.4 Å². The third-order valence-electron chi connectivity index (χ3n) is 3.75. The lowest BCUT2D eigenvalue weighted by Gasteiger charge is -2.30. The molecule has 1 heterocycles. The van der Waals surface area contributed by atoms with Gasteiger partial charge in [-0.05, 0) is 24.8 Å². The van der Waals surface area contributed by atoms with E-state index in [1.165, 1.54) is 30.7 Å². The van der Waals surface area contributed by atoms with Crippen LogP contribution in [0.5, 0.6) is 11.5 Å². The van der Waals surface area contributed by atoms with Crippen LogP contribution in [-0.2, 0) is 10.0 Å². The molecule has 0 aromatic heterocycles. The van der Waals surface area contributed by atoms with Gasteiger partial charge in [0.05, 0.1) is 19.9 Å². The topological polar surface area (TPSA) is 81.9 Å². The van der Waals surface area contributed by atoms with Gasteiger partial charge in [-0.15, -0.1) is 0 Å². The summed E-state index contributed by atoms with van der Waals surface area (Å²) in [7, 11) is -0.701. The summed E-state index contributed by atoms with van der Waals surface area (Å²) in [6.45, 7) is 3.11. The van der Waals surface area contributed by atoms with Gasteiger partial charge in [0.15, 0.2) is 0 Å². The highest BCUT2D eigenvalue weighted by Gasteiger charge is 2.31. The van der Waals surface area contributed by atoms with Crippen LogP contribution in [0.25, 0.3) is 0 Å². The highest BCUT2D eigenvalue weighted by atomic mass is 32.2. The van der Waals surface area contributed by atoms with E-state index >= 15 is 0 Å². The van der Waals surface area contributed by atoms with Crippen molar-refractivity contribution >= 4 is 15.7 Å². The number of benzene rings is 1. The van der Waals surface area contributed by atoms with E-state index in [4.69, 9.17) is 15.2 Å². The summed E-state index contributed by atoms with van der Waals surface area (Å²) in [6, 6.07) is 2.92. The molecular weight excluding hydrogens is 292 g/mol. The van der Waals surface area contributed by atoms with Gasteiger partial charge in [-0.1, -0.05) is 6.92 Å². The summed E-state index contributed by atoms with van der Waals surface area (Å²) >= 11 is 0. The number of nitrogens with two attached hydrogens (primary N) is 1. The minimum Gasteiger partial charge on any atom is -0.495 e. The normalized spacial score (nSPS) is 20.2. The molecule has 118 valence electrons. The standard InChI is InChI=1S/C14H22N2O4S/c1-10-5-4-6-16(9-10)21(17,18)14-7-11(15)12(19-2)8-13(14)20-3/h7-8,10H,4-6,9,15H2,1-3H3.